The average Bonchev–Trinajstić information content (AvgIpc) is 2.89. The highest BCUT2D eigenvalue weighted by atomic mass is 32.2. The second kappa shape index (κ2) is 5.97. The summed E-state index contributed by atoms with van der Waals surface area (Å²) in [6, 6.07) is 2.80. The van der Waals surface area contributed by atoms with Crippen molar-refractivity contribution < 1.29 is 17.6 Å². The van der Waals surface area contributed by atoms with E-state index in [9.17, 15) is 13.2 Å². The van der Waals surface area contributed by atoms with Gasteiger partial charge in [0.05, 0.1) is 0 Å². The molecule has 2 N–H and O–H groups in total. The second-order valence-electron chi connectivity index (χ2n) is 5.27. The summed E-state index contributed by atoms with van der Waals surface area (Å²) in [5.41, 5.74) is 0. The van der Waals surface area contributed by atoms with Gasteiger partial charge in [0.25, 0.3) is 15.9 Å². The highest BCUT2D eigenvalue weighted by Crippen LogP contribution is 2.24. The number of carbonyl (C=O) groups excluding carboxylic acids is 1. The molecule has 0 spiro atoms. The van der Waals surface area contributed by atoms with E-state index in [0.29, 0.717) is 5.92 Å². The van der Waals surface area contributed by atoms with Gasteiger partial charge < -0.3 is 9.73 Å². The van der Waals surface area contributed by atoms with Crippen molar-refractivity contribution in [2.24, 2.45) is 5.92 Å². The topological polar surface area (TPSA) is 88.4 Å². The Morgan fingerprint density at radius 1 is 1.35 bits per heavy atom. The molecular formula is C13H20N2O4S. The SMILES string of the molecule is CNS(=O)(=O)c1ccc(C(=O)NC2CCCC(C)C2)o1. The molecule has 6 nitrogen and oxygen atoms in total. The molecule has 1 aromatic rings. The van der Waals surface area contributed by atoms with Gasteiger partial charge in [0, 0.05) is 6.04 Å². The predicted molar refractivity (Wildman–Crippen MR) is 73.8 cm³/mol. The number of carbonyl (C=O) groups is 1. The molecule has 0 saturated heterocycles. The fourth-order valence-electron chi connectivity index (χ4n) is 2.51. The molecule has 1 heterocycles. The van der Waals surface area contributed by atoms with Gasteiger partial charge in [-0.3, -0.25) is 4.79 Å². The van der Waals surface area contributed by atoms with Gasteiger partial charge in [-0.2, -0.15) is 0 Å². The van der Waals surface area contributed by atoms with Crippen LogP contribution < -0.4 is 10.0 Å². The van der Waals surface area contributed by atoms with Crippen LogP contribution in [0.15, 0.2) is 21.6 Å². The number of rotatable bonds is 4. The van der Waals surface area contributed by atoms with E-state index in [0.717, 1.165) is 19.3 Å². The zero-order chi connectivity index (χ0) is 14.8. The summed E-state index contributed by atoms with van der Waals surface area (Å²) in [6.45, 7) is 2.17. The molecule has 1 aliphatic carbocycles. The van der Waals surface area contributed by atoms with E-state index >= 15 is 0 Å². The average molecular weight is 300 g/mol. The van der Waals surface area contributed by atoms with Crippen LogP contribution in [0.5, 0.6) is 0 Å². The number of hydrogen-bond donors (Lipinski definition) is 2. The quantitative estimate of drug-likeness (QED) is 0.882. The Bertz CT molecular complexity index is 579. The minimum Gasteiger partial charge on any atom is -0.438 e. The molecule has 0 aliphatic heterocycles. The van der Waals surface area contributed by atoms with Crippen LogP contribution in [0.4, 0.5) is 0 Å². The summed E-state index contributed by atoms with van der Waals surface area (Å²) in [6.07, 6.45) is 4.20. The van der Waals surface area contributed by atoms with Crippen LogP contribution in [0.3, 0.4) is 0 Å². The lowest BCUT2D eigenvalue weighted by Gasteiger charge is -2.27. The first-order valence-electron chi connectivity index (χ1n) is 6.76. The van der Waals surface area contributed by atoms with Gasteiger partial charge in [0.2, 0.25) is 5.09 Å². The Hall–Kier alpha value is -1.34. The molecule has 1 amide bonds. The maximum absolute atomic E-state index is 12.0. The van der Waals surface area contributed by atoms with Crippen LogP contribution in [0.2, 0.25) is 0 Å². The molecule has 0 bridgehead atoms. The van der Waals surface area contributed by atoms with Crippen LogP contribution in [-0.2, 0) is 10.0 Å². The smallest absolute Gasteiger partial charge is 0.287 e. The Kier molecular flexibility index (Phi) is 4.49. The lowest BCUT2D eigenvalue weighted by atomic mass is 9.87. The van der Waals surface area contributed by atoms with E-state index in [2.05, 4.69) is 17.0 Å². The normalized spacial score (nSPS) is 23.5. The van der Waals surface area contributed by atoms with Crippen LogP contribution in [0.25, 0.3) is 0 Å². The molecule has 1 saturated carbocycles. The van der Waals surface area contributed by atoms with E-state index in [4.69, 9.17) is 4.42 Å². The summed E-state index contributed by atoms with van der Waals surface area (Å²) in [5, 5.41) is 2.65. The van der Waals surface area contributed by atoms with Crippen molar-refractivity contribution in [3.63, 3.8) is 0 Å². The van der Waals surface area contributed by atoms with E-state index in [1.807, 2.05) is 0 Å². The molecule has 20 heavy (non-hydrogen) atoms. The Morgan fingerprint density at radius 2 is 2.10 bits per heavy atom. The Balaban J connectivity index is 2.03. The lowest BCUT2D eigenvalue weighted by molar-refractivity contribution is 0.0888. The van der Waals surface area contributed by atoms with Crippen LogP contribution >= 0.6 is 0 Å². The van der Waals surface area contributed by atoms with Crippen molar-refractivity contribution in [3.05, 3.63) is 17.9 Å². The summed E-state index contributed by atoms with van der Waals surface area (Å²) >= 11 is 0. The van der Waals surface area contributed by atoms with Crippen LogP contribution in [0.1, 0.15) is 43.2 Å². The van der Waals surface area contributed by atoms with Gasteiger partial charge >= 0.3 is 0 Å². The van der Waals surface area contributed by atoms with Crippen molar-refractivity contribution in [1.82, 2.24) is 10.0 Å². The molecule has 2 rings (SSSR count). The zero-order valence-corrected chi connectivity index (χ0v) is 12.5. The molecular weight excluding hydrogens is 280 g/mol. The van der Waals surface area contributed by atoms with Crippen LogP contribution in [-0.4, -0.2) is 27.4 Å². The lowest BCUT2D eigenvalue weighted by Crippen LogP contribution is -2.37. The fraction of sp³-hybridized carbons (Fsp3) is 0.615. The van der Waals surface area contributed by atoms with Gasteiger partial charge in [-0.25, -0.2) is 13.1 Å². The second-order valence-corrected chi connectivity index (χ2v) is 7.09. The highest BCUT2D eigenvalue weighted by molar-refractivity contribution is 7.89. The van der Waals surface area contributed by atoms with Gasteiger partial charge in [0.15, 0.2) is 5.76 Å². The number of amides is 1. The highest BCUT2D eigenvalue weighted by Gasteiger charge is 2.24. The molecule has 0 aromatic carbocycles. The van der Waals surface area contributed by atoms with Crippen molar-refractivity contribution in [2.75, 3.05) is 7.05 Å². The van der Waals surface area contributed by atoms with Crippen molar-refractivity contribution in [2.45, 2.75) is 43.7 Å². The summed E-state index contributed by atoms with van der Waals surface area (Å²) in [4.78, 5) is 12.0. The molecule has 1 fully saturated rings. The first kappa shape index (κ1) is 15.1. The van der Waals surface area contributed by atoms with Crippen molar-refractivity contribution in [3.8, 4) is 0 Å². The van der Waals surface area contributed by atoms with Crippen LogP contribution in [0, 0.1) is 5.92 Å². The zero-order valence-electron chi connectivity index (χ0n) is 11.7. The number of sulfonamides is 1. The molecule has 1 aromatic heterocycles. The van der Waals surface area contributed by atoms with E-state index in [1.165, 1.54) is 25.6 Å². The van der Waals surface area contributed by atoms with E-state index in [-0.39, 0.29) is 22.8 Å². The summed E-state index contributed by atoms with van der Waals surface area (Å²) in [5.74, 6) is 0.268. The Morgan fingerprint density at radius 3 is 2.75 bits per heavy atom. The Labute approximate surface area is 119 Å². The van der Waals surface area contributed by atoms with Crippen molar-refractivity contribution in [1.29, 1.82) is 0 Å². The molecule has 0 radical (unpaired) electrons. The third-order valence-corrected chi connectivity index (χ3v) is 4.90. The molecule has 2 unspecified atom stereocenters. The fourth-order valence-corrected chi connectivity index (χ4v) is 3.16. The monoisotopic (exact) mass is 300 g/mol. The molecule has 7 heteroatoms. The van der Waals surface area contributed by atoms with E-state index in [1.54, 1.807) is 0 Å². The minimum absolute atomic E-state index is 0.0250. The van der Waals surface area contributed by atoms with Gasteiger partial charge in [-0.05, 0) is 37.9 Å². The minimum atomic E-state index is -3.65. The van der Waals surface area contributed by atoms with Gasteiger partial charge in [0.1, 0.15) is 0 Å². The predicted octanol–water partition coefficient (Wildman–Crippen LogP) is 1.50. The first-order valence-corrected chi connectivity index (χ1v) is 8.25. The first-order chi connectivity index (χ1) is 9.42. The van der Waals surface area contributed by atoms with Gasteiger partial charge in [-0.15, -0.1) is 0 Å². The maximum atomic E-state index is 12.0. The number of furan rings is 1. The third-order valence-electron chi connectivity index (χ3n) is 3.61. The maximum Gasteiger partial charge on any atom is 0.287 e. The van der Waals surface area contributed by atoms with Gasteiger partial charge in [-0.1, -0.05) is 19.8 Å². The van der Waals surface area contributed by atoms with Crippen molar-refractivity contribution >= 4 is 15.9 Å². The third kappa shape index (κ3) is 3.40. The largest absolute Gasteiger partial charge is 0.438 e. The summed E-state index contributed by atoms with van der Waals surface area (Å²) in [7, 11) is -2.36. The summed E-state index contributed by atoms with van der Waals surface area (Å²) < 4.78 is 30.3. The molecule has 112 valence electrons. The number of nitrogens with one attached hydrogen (secondary N) is 2. The molecule has 2 atom stereocenters. The number of hydrogen-bond acceptors (Lipinski definition) is 4. The molecule has 1 aliphatic rings. The standard InChI is InChI=1S/C13H20N2O4S/c1-9-4-3-5-10(8-9)15-13(16)11-6-7-12(19-11)20(17,18)14-2/h6-7,9-10,14H,3-5,8H2,1-2H3,(H,15,16). The van der Waals surface area contributed by atoms with E-state index < -0.39 is 10.0 Å².